The molecule has 162 valence electrons. The number of hydrogen-bond acceptors (Lipinski definition) is 6. The van der Waals surface area contributed by atoms with Crippen molar-refractivity contribution in [3.05, 3.63) is 70.9 Å². The van der Waals surface area contributed by atoms with E-state index in [1.54, 1.807) is 22.9 Å². The number of carbonyl (C=O) groups is 1. The van der Waals surface area contributed by atoms with E-state index in [4.69, 9.17) is 9.47 Å². The topological polar surface area (TPSA) is 111 Å². The van der Waals surface area contributed by atoms with E-state index in [1.807, 2.05) is 30.3 Å². The van der Waals surface area contributed by atoms with Crippen molar-refractivity contribution in [1.29, 1.82) is 0 Å². The monoisotopic (exact) mass is 431 g/mol. The number of aromatic amines is 1. The van der Waals surface area contributed by atoms with E-state index in [0.29, 0.717) is 47.3 Å². The van der Waals surface area contributed by atoms with Crippen molar-refractivity contribution in [2.75, 3.05) is 18.5 Å². The van der Waals surface area contributed by atoms with Crippen molar-refractivity contribution in [1.82, 2.24) is 19.7 Å². The molecule has 1 aliphatic heterocycles. The quantitative estimate of drug-likeness (QED) is 0.503. The first kappa shape index (κ1) is 19.8. The van der Waals surface area contributed by atoms with E-state index in [9.17, 15) is 9.59 Å². The van der Waals surface area contributed by atoms with Gasteiger partial charge in [0.05, 0.1) is 25.1 Å². The number of benzene rings is 2. The Bertz CT molecular complexity index is 1330. The minimum absolute atomic E-state index is 0.155. The summed E-state index contributed by atoms with van der Waals surface area (Å²) in [5.41, 5.74) is 1.60. The summed E-state index contributed by atoms with van der Waals surface area (Å²) >= 11 is 0. The molecule has 2 aromatic heterocycles. The van der Waals surface area contributed by atoms with E-state index in [1.165, 1.54) is 6.20 Å². The number of rotatable bonds is 5. The first-order chi connectivity index (χ1) is 15.7. The number of H-pyrrole nitrogens is 1. The zero-order chi connectivity index (χ0) is 21.9. The summed E-state index contributed by atoms with van der Waals surface area (Å²) in [7, 11) is 0. The minimum Gasteiger partial charge on any atom is -0.490 e. The summed E-state index contributed by atoms with van der Waals surface area (Å²) in [5.74, 6) is 1.52. The predicted octanol–water partition coefficient (Wildman–Crippen LogP) is 2.84. The number of hydrogen-bond donors (Lipinski definition) is 2. The van der Waals surface area contributed by atoms with Gasteiger partial charge >= 0.3 is 0 Å². The highest BCUT2D eigenvalue weighted by molar-refractivity contribution is 5.91. The van der Waals surface area contributed by atoms with Gasteiger partial charge in [0.2, 0.25) is 5.91 Å². The van der Waals surface area contributed by atoms with Crippen LogP contribution in [-0.2, 0) is 11.2 Å². The number of aromatic nitrogens is 4. The van der Waals surface area contributed by atoms with Crippen LogP contribution in [0.1, 0.15) is 18.7 Å². The third-order valence-corrected chi connectivity index (χ3v) is 5.11. The Labute approximate surface area is 183 Å². The number of ether oxygens (including phenoxy) is 2. The molecule has 1 aliphatic rings. The predicted molar refractivity (Wildman–Crippen MR) is 118 cm³/mol. The Morgan fingerprint density at radius 1 is 1.09 bits per heavy atom. The molecule has 9 heteroatoms. The van der Waals surface area contributed by atoms with Crippen LogP contribution < -0.4 is 20.3 Å². The zero-order valence-electron chi connectivity index (χ0n) is 17.2. The van der Waals surface area contributed by atoms with Crippen molar-refractivity contribution >= 4 is 22.6 Å². The highest BCUT2D eigenvalue weighted by atomic mass is 16.5. The summed E-state index contributed by atoms with van der Waals surface area (Å²) in [4.78, 5) is 32.3. The third-order valence-electron chi connectivity index (χ3n) is 5.11. The lowest BCUT2D eigenvalue weighted by atomic mass is 10.2. The van der Waals surface area contributed by atoms with E-state index < -0.39 is 0 Å². The Morgan fingerprint density at radius 3 is 2.75 bits per heavy atom. The molecule has 3 heterocycles. The van der Waals surface area contributed by atoms with Crippen LogP contribution in [0.4, 0.5) is 5.69 Å². The van der Waals surface area contributed by atoms with Gasteiger partial charge in [-0.2, -0.15) is 5.10 Å². The van der Waals surface area contributed by atoms with E-state index >= 15 is 0 Å². The minimum atomic E-state index is -0.282. The van der Waals surface area contributed by atoms with Gasteiger partial charge in [-0.05, 0) is 24.3 Å². The first-order valence-corrected chi connectivity index (χ1v) is 10.4. The van der Waals surface area contributed by atoms with Crippen molar-refractivity contribution in [3.63, 3.8) is 0 Å². The number of nitrogens with zero attached hydrogens (tertiary/aromatic N) is 3. The normalized spacial score (nSPS) is 13.0. The van der Waals surface area contributed by atoms with Gasteiger partial charge in [-0.1, -0.05) is 18.2 Å². The van der Waals surface area contributed by atoms with E-state index in [-0.39, 0.29) is 24.3 Å². The largest absolute Gasteiger partial charge is 0.490 e. The van der Waals surface area contributed by atoms with E-state index in [0.717, 1.165) is 12.1 Å². The Morgan fingerprint density at radius 2 is 1.91 bits per heavy atom. The lowest BCUT2D eigenvalue weighted by Gasteiger charge is -2.10. The molecule has 0 bridgehead atoms. The highest BCUT2D eigenvalue weighted by Crippen LogP contribution is 2.32. The van der Waals surface area contributed by atoms with Crippen molar-refractivity contribution in [2.45, 2.75) is 19.3 Å². The molecular weight excluding hydrogens is 410 g/mol. The van der Waals surface area contributed by atoms with Crippen molar-refractivity contribution < 1.29 is 14.3 Å². The molecule has 5 rings (SSSR count). The summed E-state index contributed by atoms with van der Waals surface area (Å²) in [6.07, 6.45) is 2.74. The fourth-order valence-corrected chi connectivity index (χ4v) is 3.54. The SMILES string of the molecule is O=C(CCc1nc2c(cnn2-c2ccccc2)c(=O)[nH]1)Nc1ccc2c(c1)OCCCO2. The van der Waals surface area contributed by atoms with Crippen LogP contribution in [0.15, 0.2) is 59.5 Å². The van der Waals surface area contributed by atoms with Gasteiger partial charge in [-0.25, -0.2) is 9.67 Å². The molecule has 0 aliphatic carbocycles. The number of carbonyl (C=O) groups excluding carboxylic acids is 1. The van der Waals surface area contributed by atoms with Crippen molar-refractivity contribution in [2.24, 2.45) is 0 Å². The first-order valence-electron chi connectivity index (χ1n) is 10.4. The Kier molecular flexibility index (Phi) is 5.29. The van der Waals surface area contributed by atoms with Crippen LogP contribution >= 0.6 is 0 Å². The van der Waals surface area contributed by atoms with Crippen LogP contribution in [-0.4, -0.2) is 38.9 Å². The second-order valence-electron chi connectivity index (χ2n) is 7.40. The molecule has 0 atom stereocenters. The Hall–Kier alpha value is -4.14. The number of anilines is 1. The molecule has 0 unspecified atom stereocenters. The second kappa shape index (κ2) is 8.54. The van der Waals surface area contributed by atoms with Gasteiger partial charge in [-0.3, -0.25) is 9.59 Å². The maximum absolute atomic E-state index is 12.5. The molecule has 0 saturated heterocycles. The summed E-state index contributed by atoms with van der Waals surface area (Å²) in [6, 6.07) is 14.8. The number of fused-ring (bicyclic) bond motifs is 2. The van der Waals surface area contributed by atoms with Crippen LogP contribution in [0, 0.1) is 0 Å². The molecule has 1 amide bonds. The van der Waals surface area contributed by atoms with Crippen LogP contribution in [0.25, 0.3) is 16.7 Å². The average molecular weight is 431 g/mol. The zero-order valence-corrected chi connectivity index (χ0v) is 17.2. The van der Waals surface area contributed by atoms with Crippen LogP contribution in [0.2, 0.25) is 0 Å². The molecule has 9 nitrogen and oxygen atoms in total. The lowest BCUT2D eigenvalue weighted by molar-refractivity contribution is -0.116. The second-order valence-corrected chi connectivity index (χ2v) is 7.40. The molecule has 0 fully saturated rings. The van der Waals surface area contributed by atoms with Crippen LogP contribution in [0.3, 0.4) is 0 Å². The lowest BCUT2D eigenvalue weighted by Crippen LogP contribution is -2.16. The molecule has 32 heavy (non-hydrogen) atoms. The number of amides is 1. The van der Waals surface area contributed by atoms with Gasteiger partial charge < -0.3 is 19.8 Å². The maximum Gasteiger partial charge on any atom is 0.262 e. The molecular formula is C23H21N5O4. The smallest absolute Gasteiger partial charge is 0.262 e. The van der Waals surface area contributed by atoms with Gasteiger partial charge in [0.25, 0.3) is 5.56 Å². The third kappa shape index (κ3) is 4.04. The van der Waals surface area contributed by atoms with Gasteiger partial charge in [0, 0.05) is 31.0 Å². The molecule has 0 radical (unpaired) electrons. The summed E-state index contributed by atoms with van der Waals surface area (Å²) < 4.78 is 12.9. The maximum atomic E-state index is 12.5. The number of para-hydroxylation sites is 1. The standard InChI is InChI=1S/C23H21N5O4/c29-21(25-15-7-8-18-19(13-15)32-12-4-11-31-18)10-9-20-26-22-17(23(30)27-20)14-24-28(22)16-5-2-1-3-6-16/h1-3,5-8,13-14H,4,9-12H2,(H,25,29)(H,26,27,30). The summed E-state index contributed by atoms with van der Waals surface area (Å²) in [6.45, 7) is 1.18. The molecule has 2 N–H and O–H groups in total. The molecule has 0 spiro atoms. The van der Waals surface area contributed by atoms with Gasteiger partial charge in [0.15, 0.2) is 17.1 Å². The molecule has 2 aromatic carbocycles. The summed E-state index contributed by atoms with van der Waals surface area (Å²) in [5, 5.41) is 7.55. The van der Waals surface area contributed by atoms with E-state index in [2.05, 4.69) is 20.4 Å². The number of aryl methyl sites for hydroxylation is 1. The number of nitrogens with one attached hydrogen (secondary N) is 2. The molecule has 4 aromatic rings. The highest BCUT2D eigenvalue weighted by Gasteiger charge is 2.14. The average Bonchev–Trinajstić information content (AvgIpc) is 3.10. The van der Waals surface area contributed by atoms with Gasteiger partial charge in [0.1, 0.15) is 11.2 Å². The van der Waals surface area contributed by atoms with Crippen molar-refractivity contribution in [3.8, 4) is 17.2 Å². The Balaban J connectivity index is 1.30. The van der Waals surface area contributed by atoms with Gasteiger partial charge in [-0.15, -0.1) is 0 Å². The molecule has 0 saturated carbocycles. The van der Waals surface area contributed by atoms with Crippen LogP contribution in [0.5, 0.6) is 11.5 Å². The fraction of sp³-hybridized carbons (Fsp3) is 0.217. The fourth-order valence-electron chi connectivity index (χ4n) is 3.54.